The van der Waals surface area contributed by atoms with Crippen molar-refractivity contribution in [3.8, 4) is 0 Å². The molecule has 0 amide bonds. The van der Waals surface area contributed by atoms with Gasteiger partial charge in [0.05, 0.1) is 0 Å². The first-order valence-corrected chi connectivity index (χ1v) is 3.95. The Labute approximate surface area is 56.8 Å². The van der Waals surface area contributed by atoms with E-state index in [0.29, 0.717) is 5.54 Å². The van der Waals surface area contributed by atoms with Crippen molar-refractivity contribution < 1.29 is 0 Å². The summed E-state index contributed by atoms with van der Waals surface area (Å²) in [5, 5.41) is 3.55. The summed E-state index contributed by atoms with van der Waals surface area (Å²) in [6, 6.07) is 0. The van der Waals surface area contributed by atoms with Crippen LogP contribution in [0.1, 0.15) is 26.7 Å². The molecule has 0 spiro atoms. The fourth-order valence-corrected chi connectivity index (χ4v) is 2.16. The largest absolute Gasteiger partial charge is 0.311 e. The molecule has 1 heterocycles. The fraction of sp³-hybridized carbons (Fsp3) is 1.00. The van der Waals surface area contributed by atoms with Crippen molar-refractivity contribution in [2.45, 2.75) is 32.2 Å². The summed E-state index contributed by atoms with van der Waals surface area (Å²) in [6.07, 6.45) is 2.91. The normalized spacial score (nSPS) is 46.0. The van der Waals surface area contributed by atoms with Crippen molar-refractivity contribution in [2.24, 2.45) is 11.8 Å². The molecule has 2 atom stereocenters. The molecule has 9 heavy (non-hydrogen) atoms. The summed E-state index contributed by atoms with van der Waals surface area (Å²) in [4.78, 5) is 0. The van der Waals surface area contributed by atoms with E-state index in [0.717, 1.165) is 11.8 Å². The van der Waals surface area contributed by atoms with Crippen LogP contribution in [-0.4, -0.2) is 12.1 Å². The highest BCUT2D eigenvalue weighted by Crippen LogP contribution is 2.50. The monoisotopic (exact) mass is 125 g/mol. The Morgan fingerprint density at radius 1 is 1.44 bits per heavy atom. The molecule has 2 fully saturated rings. The third-order valence-electron chi connectivity index (χ3n) is 2.95. The van der Waals surface area contributed by atoms with Crippen LogP contribution in [-0.2, 0) is 0 Å². The molecule has 1 heteroatoms. The summed E-state index contributed by atoms with van der Waals surface area (Å²) < 4.78 is 0. The van der Waals surface area contributed by atoms with E-state index in [9.17, 15) is 0 Å². The zero-order valence-corrected chi connectivity index (χ0v) is 6.28. The van der Waals surface area contributed by atoms with E-state index in [1.165, 1.54) is 19.4 Å². The van der Waals surface area contributed by atoms with Crippen molar-refractivity contribution in [1.82, 2.24) is 5.32 Å². The van der Waals surface area contributed by atoms with Gasteiger partial charge in [-0.3, -0.25) is 0 Å². The van der Waals surface area contributed by atoms with Crippen LogP contribution in [0.15, 0.2) is 0 Å². The highest BCUT2D eigenvalue weighted by Gasteiger charge is 2.49. The molecule has 1 N–H and O–H groups in total. The molecule has 0 radical (unpaired) electrons. The number of piperidine rings is 1. The second-order valence-corrected chi connectivity index (χ2v) is 4.04. The molecule has 1 saturated carbocycles. The summed E-state index contributed by atoms with van der Waals surface area (Å²) in [5.74, 6) is 2.09. The number of rotatable bonds is 0. The van der Waals surface area contributed by atoms with E-state index in [4.69, 9.17) is 0 Å². The summed E-state index contributed by atoms with van der Waals surface area (Å²) in [5.41, 5.74) is 0.461. The van der Waals surface area contributed by atoms with Crippen LogP contribution in [0.2, 0.25) is 0 Å². The van der Waals surface area contributed by atoms with Crippen LogP contribution >= 0.6 is 0 Å². The van der Waals surface area contributed by atoms with Crippen LogP contribution < -0.4 is 5.32 Å². The van der Waals surface area contributed by atoms with Crippen molar-refractivity contribution >= 4 is 0 Å². The number of fused-ring (bicyclic) bond motifs is 1. The van der Waals surface area contributed by atoms with Gasteiger partial charge in [-0.15, -0.1) is 0 Å². The van der Waals surface area contributed by atoms with E-state index in [1.54, 1.807) is 0 Å². The Morgan fingerprint density at radius 2 is 2.22 bits per heavy atom. The average molecular weight is 125 g/mol. The predicted octanol–water partition coefficient (Wildman–Crippen LogP) is 1.39. The predicted molar refractivity (Wildman–Crippen MR) is 38.3 cm³/mol. The van der Waals surface area contributed by atoms with E-state index in [2.05, 4.69) is 19.2 Å². The van der Waals surface area contributed by atoms with Crippen LogP contribution in [0.4, 0.5) is 0 Å². The van der Waals surface area contributed by atoms with Gasteiger partial charge in [-0.05, 0) is 45.1 Å². The molecule has 2 unspecified atom stereocenters. The van der Waals surface area contributed by atoms with Crippen LogP contribution in [0.5, 0.6) is 0 Å². The lowest BCUT2D eigenvalue weighted by Crippen LogP contribution is -2.45. The summed E-state index contributed by atoms with van der Waals surface area (Å²) in [7, 11) is 0. The van der Waals surface area contributed by atoms with Gasteiger partial charge in [0.15, 0.2) is 0 Å². The van der Waals surface area contributed by atoms with E-state index in [1.807, 2.05) is 0 Å². The number of hydrogen-bond acceptors (Lipinski definition) is 1. The fourth-order valence-electron chi connectivity index (χ4n) is 2.16. The van der Waals surface area contributed by atoms with E-state index in [-0.39, 0.29) is 0 Å². The molecule has 2 aliphatic rings. The first-order valence-electron chi connectivity index (χ1n) is 3.95. The SMILES string of the molecule is CC1(C)NCCC2CC21. The average Bonchev–Trinajstić information content (AvgIpc) is 2.43. The molecule has 0 bridgehead atoms. The standard InChI is InChI=1S/C8H15N/c1-8(2)7-5-6(7)3-4-9-8/h6-7,9H,3-5H2,1-2H3. The molecule has 1 nitrogen and oxygen atoms in total. The number of nitrogens with one attached hydrogen (secondary N) is 1. The number of hydrogen-bond donors (Lipinski definition) is 1. The first kappa shape index (κ1) is 5.72. The minimum Gasteiger partial charge on any atom is -0.311 e. The van der Waals surface area contributed by atoms with Gasteiger partial charge in [0.1, 0.15) is 0 Å². The Kier molecular flexibility index (Phi) is 0.963. The lowest BCUT2D eigenvalue weighted by Gasteiger charge is -2.30. The molecule has 0 aromatic heterocycles. The zero-order valence-electron chi connectivity index (χ0n) is 6.28. The van der Waals surface area contributed by atoms with Gasteiger partial charge >= 0.3 is 0 Å². The van der Waals surface area contributed by atoms with Crippen molar-refractivity contribution in [3.05, 3.63) is 0 Å². The highest BCUT2D eigenvalue weighted by atomic mass is 15.0. The minimum absolute atomic E-state index is 0.461. The Bertz CT molecular complexity index is 129. The van der Waals surface area contributed by atoms with Gasteiger partial charge in [-0.1, -0.05) is 0 Å². The van der Waals surface area contributed by atoms with Crippen molar-refractivity contribution in [2.75, 3.05) is 6.54 Å². The Morgan fingerprint density at radius 3 is 2.78 bits per heavy atom. The highest BCUT2D eigenvalue weighted by molar-refractivity contribution is 5.04. The lowest BCUT2D eigenvalue weighted by atomic mass is 9.93. The molecule has 0 aromatic rings. The molecular formula is C8H15N. The third kappa shape index (κ3) is 0.787. The van der Waals surface area contributed by atoms with Gasteiger partial charge in [0.25, 0.3) is 0 Å². The maximum absolute atomic E-state index is 3.55. The molecule has 52 valence electrons. The zero-order chi connectivity index (χ0) is 6.48. The summed E-state index contributed by atoms with van der Waals surface area (Å²) in [6.45, 7) is 5.90. The minimum atomic E-state index is 0.461. The maximum atomic E-state index is 3.55. The maximum Gasteiger partial charge on any atom is 0.0156 e. The van der Waals surface area contributed by atoms with Crippen molar-refractivity contribution in [1.29, 1.82) is 0 Å². The second kappa shape index (κ2) is 1.51. The van der Waals surface area contributed by atoms with Gasteiger partial charge in [0, 0.05) is 5.54 Å². The topological polar surface area (TPSA) is 12.0 Å². The lowest BCUT2D eigenvalue weighted by molar-refractivity contribution is 0.282. The third-order valence-corrected chi connectivity index (χ3v) is 2.95. The Hall–Kier alpha value is -0.0400. The quantitative estimate of drug-likeness (QED) is 0.516. The molecule has 1 aliphatic heterocycles. The molecule has 0 aromatic carbocycles. The van der Waals surface area contributed by atoms with Crippen LogP contribution in [0.25, 0.3) is 0 Å². The molecule has 2 rings (SSSR count). The van der Waals surface area contributed by atoms with E-state index < -0.39 is 0 Å². The molecule has 1 saturated heterocycles. The smallest absolute Gasteiger partial charge is 0.0156 e. The molecular weight excluding hydrogens is 110 g/mol. The molecule has 1 aliphatic carbocycles. The van der Waals surface area contributed by atoms with E-state index >= 15 is 0 Å². The van der Waals surface area contributed by atoms with Gasteiger partial charge in [-0.25, -0.2) is 0 Å². The van der Waals surface area contributed by atoms with Gasteiger partial charge < -0.3 is 5.32 Å². The Balaban J connectivity index is 2.09. The van der Waals surface area contributed by atoms with Crippen LogP contribution in [0, 0.1) is 11.8 Å². The van der Waals surface area contributed by atoms with Crippen molar-refractivity contribution in [3.63, 3.8) is 0 Å². The first-order chi connectivity index (χ1) is 4.20. The van der Waals surface area contributed by atoms with Gasteiger partial charge in [-0.2, -0.15) is 0 Å². The van der Waals surface area contributed by atoms with Gasteiger partial charge in [0.2, 0.25) is 0 Å². The van der Waals surface area contributed by atoms with Crippen LogP contribution in [0.3, 0.4) is 0 Å². The summed E-state index contributed by atoms with van der Waals surface area (Å²) >= 11 is 0. The second-order valence-electron chi connectivity index (χ2n) is 4.04.